The van der Waals surface area contributed by atoms with Crippen LogP contribution in [0.5, 0.6) is 0 Å². The number of rotatable bonds is 8. The Labute approximate surface area is 191 Å². The number of carbonyl (C=O) groups excluding carboxylic acids is 2. The van der Waals surface area contributed by atoms with E-state index in [1.165, 1.54) is 26.4 Å². The summed E-state index contributed by atoms with van der Waals surface area (Å²) in [7, 11) is 3.39. The fourth-order valence-corrected chi connectivity index (χ4v) is 5.53. The summed E-state index contributed by atoms with van der Waals surface area (Å²) in [5.41, 5.74) is 0.721. The molecule has 1 saturated carbocycles. The lowest BCUT2D eigenvalue weighted by Crippen LogP contribution is -2.39. The minimum absolute atomic E-state index is 0.0896. The highest BCUT2D eigenvalue weighted by Gasteiger charge is 2.27. The van der Waals surface area contributed by atoms with E-state index in [4.69, 9.17) is 9.72 Å². The van der Waals surface area contributed by atoms with Gasteiger partial charge in [-0.05, 0) is 55.9 Å². The molecule has 1 aliphatic heterocycles. The average molecular weight is 448 g/mol. The summed E-state index contributed by atoms with van der Waals surface area (Å²) in [4.78, 5) is 34.2. The molecule has 0 aromatic carbocycles. The fourth-order valence-electron chi connectivity index (χ4n) is 4.66. The molecule has 6 nitrogen and oxygen atoms in total. The zero-order valence-corrected chi connectivity index (χ0v) is 20.1. The van der Waals surface area contributed by atoms with Crippen LogP contribution in [0.1, 0.15) is 75.1 Å². The van der Waals surface area contributed by atoms with Gasteiger partial charge in [-0.2, -0.15) is 0 Å². The van der Waals surface area contributed by atoms with Crippen LogP contribution >= 0.6 is 11.8 Å². The number of esters is 1. The zero-order chi connectivity index (χ0) is 22.2. The summed E-state index contributed by atoms with van der Waals surface area (Å²) >= 11 is 1.67. The maximum Gasteiger partial charge on any atom is 0.305 e. The molecule has 172 valence electrons. The number of aromatic nitrogens is 1. The van der Waals surface area contributed by atoms with Crippen molar-refractivity contribution in [3.05, 3.63) is 17.7 Å². The van der Waals surface area contributed by atoms with Crippen LogP contribution in [-0.2, 0) is 9.53 Å². The van der Waals surface area contributed by atoms with Crippen molar-refractivity contribution < 1.29 is 14.3 Å². The van der Waals surface area contributed by atoms with Crippen molar-refractivity contribution in [3.63, 3.8) is 0 Å². The lowest BCUT2D eigenvalue weighted by atomic mass is 9.94. The molecule has 2 heterocycles. The number of hydrogen-bond donors (Lipinski definition) is 0. The van der Waals surface area contributed by atoms with E-state index in [0.717, 1.165) is 67.4 Å². The molecule has 3 rings (SSSR count). The first-order valence-corrected chi connectivity index (χ1v) is 12.7. The van der Waals surface area contributed by atoms with Crippen molar-refractivity contribution in [2.24, 2.45) is 5.92 Å². The number of hydrogen-bond acceptors (Lipinski definition) is 6. The first kappa shape index (κ1) is 23.9. The van der Waals surface area contributed by atoms with E-state index in [1.807, 2.05) is 24.1 Å². The highest BCUT2D eigenvalue weighted by Crippen LogP contribution is 2.30. The molecule has 1 aliphatic carbocycles. The predicted molar refractivity (Wildman–Crippen MR) is 126 cm³/mol. The number of anilines is 1. The van der Waals surface area contributed by atoms with Gasteiger partial charge >= 0.3 is 5.97 Å². The van der Waals surface area contributed by atoms with E-state index in [-0.39, 0.29) is 17.8 Å². The number of ether oxygens (including phenoxy) is 1. The van der Waals surface area contributed by atoms with Crippen LogP contribution in [0.3, 0.4) is 0 Å². The fraction of sp³-hybridized carbons (Fsp3) is 0.708. The van der Waals surface area contributed by atoms with E-state index >= 15 is 0 Å². The van der Waals surface area contributed by atoms with Gasteiger partial charge < -0.3 is 14.5 Å². The van der Waals surface area contributed by atoms with E-state index in [2.05, 4.69) is 11.8 Å². The van der Waals surface area contributed by atoms with Crippen LogP contribution in [0, 0.1) is 5.92 Å². The lowest BCUT2D eigenvalue weighted by Gasteiger charge is -2.34. The first-order valence-electron chi connectivity index (χ1n) is 11.8. The molecule has 7 heteroatoms. The Morgan fingerprint density at radius 3 is 2.68 bits per heavy atom. The summed E-state index contributed by atoms with van der Waals surface area (Å²) in [6.45, 7) is 3.88. The molecule has 31 heavy (non-hydrogen) atoms. The Balaban J connectivity index is 1.77. The predicted octanol–water partition coefficient (Wildman–Crippen LogP) is 4.77. The van der Waals surface area contributed by atoms with Crippen LogP contribution in [0.25, 0.3) is 0 Å². The summed E-state index contributed by atoms with van der Waals surface area (Å²) in [5.74, 6) is 2.07. The Morgan fingerprint density at radius 2 is 1.97 bits per heavy atom. The minimum Gasteiger partial charge on any atom is -0.469 e. The van der Waals surface area contributed by atoms with Gasteiger partial charge in [0.1, 0.15) is 10.8 Å². The van der Waals surface area contributed by atoms with Gasteiger partial charge in [-0.3, -0.25) is 9.59 Å². The van der Waals surface area contributed by atoms with Crippen LogP contribution in [0.2, 0.25) is 0 Å². The summed E-state index contributed by atoms with van der Waals surface area (Å²) in [6.07, 6.45) is 9.44. The molecule has 0 spiro atoms. The molecular formula is C24H37N3O3S. The summed E-state index contributed by atoms with van der Waals surface area (Å²) in [5, 5.41) is 0.835. The van der Waals surface area contributed by atoms with Crippen LogP contribution in [-0.4, -0.2) is 60.8 Å². The largest absolute Gasteiger partial charge is 0.469 e. The number of carbonyl (C=O) groups is 2. The van der Waals surface area contributed by atoms with Crippen molar-refractivity contribution in [1.29, 1.82) is 0 Å². The number of thioether (sulfide) groups is 1. The van der Waals surface area contributed by atoms with Gasteiger partial charge in [0.05, 0.1) is 12.7 Å². The third-order valence-corrected chi connectivity index (χ3v) is 7.68. The third-order valence-electron chi connectivity index (χ3n) is 6.49. The molecule has 1 amide bonds. The quantitative estimate of drug-likeness (QED) is 0.423. The van der Waals surface area contributed by atoms with Crippen LogP contribution < -0.4 is 4.90 Å². The molecule has 0 bridgehead atoms. The van der Waals surface area contributed by atoms with Crippen LogP contribution in [0.15, 0.2) is 17.2 Å². The Kier molecular flexibility index (Phi) is 9.05. The van der Waals surface area contributed by atoms with Gasteiger partial charge in [-0.25, -0.2) is 4.98 Å². The Morgan fingerprint density at radius 1 is 1.19 bits per heavy atom. The second-order valence-electron chi connectivity index (χ2n) is 8.81. The standard InChI is InChI=1S/C24H37N3O3S/c1-4-15-31-23-20(24(29)26(2)19-10-6-5-7-11-19)12-13-21(25-23)27-14-8-9-18(17-27)16-22(28)30-3/h12-13,18-19H,4-11,14-17H2,1-3H3. The van der Waals surface area contributed by atoms with E-state index < -0.39 is 0 Å². The summed E-state index contributed by atoms with van der Waals surface area (Å²) in [6, 6.07) is 4.29. The topological polar surface area (TPSA) is 62.7 Å². The summed E-state index contributed by atoms with van der Waals surface area (Å²) < 4.78 is 4.85. The normalized spacial score (nSPS) is 19.8. The molecule has 0 radical (unpaired) electrons. The number of methoxy groups -OCH3 is 1. The van der Waals surface area contributed by atoms with Crippen molar-refractivity contribution in [2.75, 3.05) is 37.9 Å². The smallest absolute Gasteiger partial charge is 0.305 e. The average Bonchev–Trinajstić information content (AvgIpc) is 2.82. The van der Waals surface area contributed by atoms with Crippen molar-refractivity contribution in [2.45, 2.75) is 75.8 Å². The Bertz CT molecular complexity index is 752. The molecule has 1 saturated heterocycles. The molecule has 1 aromatic rings. The number of amides is 1. The van der Waals surface area contributed by atoms with E-state index in [0.29, 0.717) is 12.5 Å². The second-order valence-corrected chi connectivity index (χ2v) is 9.90. The van der Waals surface area contributed by atoms with Crippen molar-refractivity contribution >= 4 is 29.5 Å². The van der Waals surface area contributed by atoms with Gasteiger partial charge in [0.2, 0.25) is 0 Å². The molecular weight excluding hydrogens is 410 g/mol. The molecule has 1 unspecified atom stereocenters. The second kappa shape index (κ2) is 11.7. The third kappa shape index (κ3) is 6.37. The molecule has 2 fully saturated rings. The number of piperidine rings is 1. The van der Waals surface area contributed by atoms with Gasteiger partial charge in [0, 0.05) is 32.6 Å². The molecule has 2 aliphatic rings. The Hall–Kier alpha value is -1.76. The van der Waals surface area contributed by atoms with Crippen molar-refractivity contribution in [1.82, 2.24) is 9.88 Å². The SMILES string of the molecule is CCCSc1nc(N2CCCC(CC(=O)OC)C2)ccc1C(=O)N(C)C1CCCCC1. The van der Waals surface area contributed by atoms with E-state index in [1.54, 1.807) is 11.8 Å². The highest BCUT2D eigenvalue weighted by molar-refractivity contribution is 7.99. The highest BCUT2D eigenvalue weighted by atomic mass is 32.2. The number of nitrogens with zero attached hydrogens (tertiary/aromatic N) is 3. The lowest BCUT2D eigenvalue weighted by molar-refractivity contribution is -0.141. The van der Waals surface area contributed by atoms with Gasteiger partial charge in [-0.15, -0.1) is 11.8 Å². The van der Waals surface area contributed by atoms with Crippen LogP contribution in [0.4, 0.5) is 5.82 Å². The minimum atomic E-state index is -0.148. The molecule has 1 aromatic heterocycles. The van der Waals surface area contributed by atoms with E-state index in [9.17, 15) is 9.59 Å². The first-order chi connectivity index (χ1) is 15.0. The van der Waals surface area contributed by atoms with Gasteiger partial charge in [0.25, 0.3) is 5.91 Å². The number of pyridine rings is 1. The maximum absolute atomic E-state index is 13.3. The van der Waals surface area contributed by atoms with Crippen molar-refractivity contribution in [3.8, 4) is 0 Å². The molecule has 1 atom stereocenters. The van der Waals surface area contributed by atoms with Gasteiger partial charge in [-0.1, -0.05) is 26.2 Å². The monoisotopic (exact) mass is 447 g/mol. The zero-order valence-electron chi connectivity index (χ0n) is 19.3. The van der Waals surface area contributed by atoms with Gasteiger partial charge in [0.15, 0.2) is 0 Å². The molecule has 0 N–H and O–H groups in total. The maximum atomic E-state index is 13.3.